The van der Waals surface area contributed by atoms with E-state index in [4.69, 9.17) is 10.5 Å². The lowest BCUT2D eigenvalue weighted by atomic mass is 9.97. The first-order chi connectivity index (χ1) is 7.54. The topological polar surface area (TPSA) is 35.2 Å². The molecule has 16 heavy (non-hydrogen) atoms. The lowest BCUT2D eigenvalue weighted by molar-refractivity contribution is 0.335. The molecule has 0 bridgehead atoms. The van der Waals surface area contributed by atoms with Crippen LogP contribution in [0.4, 0.5) is 0 Å². The first-order valence-electron chi connectivity index (χ1n) is 6.05. The molecular weight excluding hydrogens is 198 g/mol. The minimum absolute atomic E-state index is 0.206. The first kappa shape index (κ1) is 13.0. The summed E-state index contributed by atoms with van der Waals surface area (Å²) in [6, 6.07) is 6.61. The van der Waals surface area contributed by atoms with Crippen molar-refractivity contribution in [3.05, 3.63) is 29.3 Å². The van der Waals surface area contributed by atoms with Crippen molar-refractivity contribution in [3.8, 4) is 5.75 Å². The van der Waals surface area contributed by atoms with Crippen molar-refractivity contribution in [2.75, 3.05) is 6.61 Å². The molecule has 2 N–H and O–H groups in total. The molecule has 0 aromatic heterocycles. The summed E-state index contributed by atoms with van der Waals surface area (Å²) in [5, 5.41) is 0. The highest BCUT2D eigenvalue weighted by Gasteiger charge is 2.09. The maximum Gasteiger partial charge on any atom is 0.122 e. The second kappa shape index (κ2) is 5.90. The molecule has 0 saturated carbocycles. The van der Waals surface area contributed by atoms with Crippen molar-refractivity contribution in [3.63, 3.8) is 0 Å². The lowest BCUT2D eigenvalue weighted by Gasteiger charge is -2.15. The van der Waals surface area contributed by atoms with Crippen LogP contribution in [0.25, 0.3) is 0 Å². The van der Waals surface area contributed by atoms with Crippen LogP contribution in [-0.2, 0) is 6.42 Å². The minimum Gasteiger partial charge on any atom is -0.494 e. The second-order valence-corrected chi connectivity index (χ2v) is 4.64. The maximum atomic E-state index is 5.82. The fourth-order valence-electron chi connectivity index (χ4n) is 1.83. The number of hydrogen-bond donors (Lipinski definition) is 1. The van der Waals surface area contributed by atoms with Crippen LogP contribution in [0.1, 0.15) is 44.7 Å². The summed E-state index contributed by atoms with van der Waals surface area (Å²) in [6.45, 7) is 9.14. The average Bonchev–Trinajstić information content (AvgIpc) is 2.19. The standard InChI is InChI=1S/C14H23NO/c1-5-16-14-7-6-12(8-11(4)15)9-13(14)10(2)3/h6-7,9-11H,5,8,15H2,1-4H3. The Morgan fingerprint density at radius 3 is 2.44 bits per heavy atom. The van der Waals surface area contributed by atoms with Gasteiger partial charge in [-0.3, -0.25) is 0 Å². The van der Waals surface area contributed by atoms with Gasteiger partial charge in [0.05, 0.1) is 6.61 Å². The Balaban J connectivity index is 2.97. The lowest BCUT2D eigenvalue weighted by Crippen LogP contribution is -2.17. The molecule has 1 rings (SSSR count). The van der Waals surface area contributed by atoms with Gasteiger partial charge in [-0.05, 0) is 43.4 Å². The second-order valence-electron chi connectivity index (χ2n) is 4.64. The van der Waals surface area contributed by atoms with Crippen molar-refractivity contribution < 1.29 is 4.74 Å². The maximum absolute atomic E-state index is 5.82. The molecule has 1 aromatic carbocycles. The zero-order valence-corrected chi connectivity index (χ0v) is 10.8. The molecule has 2 heteroatoms. The van der Waals surface area contributed by atoms with E-state index in [1.54, 1.807) is 0 Å². The summed E-state index contributed by atoms with van der Waals surface area (Å²) in [5.41, 5.74) is 8.39. The summed E-state index contributed by atoms with van der Waals surface area (Å²) in [6.07, 6.45) is 0.923. The number of nitrogens with two attached hydrogens (primary N) is 1. The molecule has 0 radical (unpaired) electrons. The van der Waals surface area contributed by atoms with E-state index in [2.05, 4.69) is 32.0 Å². The van der Waals surface area contributed by atoms with Crippen LogP contribution < -0.4 is 10.5 Å². The number of ether oxygens (including phenoxy) is 1. The van der Waals surface area contributed by atoms with Crippen LogP contribution in [-0.4, -0.2) is 12.6 Å². The van der Waals surface area contributed by atoms with Crippen LogP contribution in [0.15, 0.2) is 18.2 Å². The average molecular weight is 221 g/mol. The SMILES string of the molecule is CCOc1ccc(CC(C)N)cc1C(C)C. The zero-order valence-electron chi connectivity index (χ0n) is 10.8. The molecule has 0 heterocycles. The highest BCUT2D eigenvalue weighted by molar-refractivity contribution is 5.39. The highest BCUT2D eigenvalue weighted by Crippen LogP contribution is 2.27. The van der Waals surface area contributed by atoms with Crippen LogP contribution in [0.3, 0.4) is 0 Å². The third kappa shape index (κ3) is 3.53. The largest absolute Gasteiger partial charge is 0.494 e. The van der Waals surface area contributed by atoms with E-state index in [-0.39, 0.29) is 6.04 Å². The molecule has 0 fully saturated rings. The normalized spacial score (nSPS) is 12.9. The smallest absolute Gasteiger partial charge is 0.122 e. The van der Waals surface area contributed by atoms with Gasteiger partial charge in [0.1, 0.15) is 5.75 Å². The van der Waals surface area contributed by atoms with E-state index in [1.807, 2.05) is 13.8 Å². The van der Waals surface area contributed by atoms with Crippen LogP contribution >= 0.6 is 0 Å². The van der Waals surface area contributed by atoms with Gasteiger partial charge in [0.15, 0.2) is 0 Å². The highest BCUT2D eigenvalue weighted by atomic mass is 16.5. The van der Waals surface area contributed by atoms with Crippen molar-refractivity contribution in [2.45, 2.75) is 46.1 Å². The monoisotopic (exact) mass is 221 g/mol. The number of benzene rings is 1. The van der Waals surface area contributed by atoms with Gasteiger partial charge in [0.2, 0.25) is 0 Å². The van der Waals surface area contributed by atoms with Gasteiger partial charge in [-0.1, -0.05) is 26.0 Å². The summed E-state index contributed by atoms with van der Waals surface area (Å²) in [5.74, 6) is 1.49. The van der Waals surface area contributed by atoms with Gasteiger partial charge < -0.3 is 10.5 Å². The van der Waals surface area contributed by atoms with Crippen LogP contribution in [0.2, 0.25) is 0 Å². The molecule has 0 aliphatic rings. The summed E-state index contributed by atoms with van der Waals surface area (Å²) >= 11 is 0. The van der Waals surface area contributed by atoms with Crippen LogP contribution in [0, 0.1) is 0 Å². The number of rotatable bonds is 5. The van der Waals surface area contributed by atoms with E-state index in [0.717, 1.165) is 12.2 Å². The van der Waals surface area contributed by atoms with Gasteiger partial charge in [0.25, 0.3) is 0 Å². The van der Waals surface area contributed by atoms with E-state index in [9.17, 15) is 0 Å². The van der Waals surface area contributed by atoms with Gasteiger partial charge in [0, 0.05) is 6.04 Å². The van der Waals surface area contributed by atoms with Crippen molar-refractivity contribution in [1.82, 2.24) is 0 Å². The molecule has 0 aliphatic carbocycles. The molecule has 0 aliphatic heterocycles. The van der Waals surface area contributed by atoms with Gasteiger partial charge >= 0.3 is 0 Å². The van der Waals surface area contributed by atoms with Crippen molar-refractivity contribution >= 4 is 0 Å². The fraction of sp³-hybridized carbons (Fsp3) is 0.571. The molecule has 1 atom stereocenters. The van der Waals surface area contributed by atoms with E-state index >= 15 is 0 Å². The Kier molecular flexibility index (Phi) is 4.81. The van der Waals surface area contributed by atoms with Crippen molar-refractivity contribution in [2.24, 2.45) is 5.73 Å². The molecule has 1 unspecified atom stereocenters. The van der Waals surface area contributed by atoms with Gasteiger partial charge in [-0.15, -0.1) is 0 Å². The quantitative estimate of drug-likeness (QED) is 0.829. The Hall–Kier alpha value is -1.02. The molecule has 0 saturated heterocycles. The summed E-state index contributed by atoms with van der Waals surface area (Å²) in [7, 11) is 0. The summed E-state index contributed by atoms with van der Waals surface area (Å²) < 4.78 is 5.63. The minimum atomic E-state index is 0.206. The molecule has 0 amide bonds. The van der Waals surface area contributed by atoms with E-state index < -0.39 is 0 Å². The predicted molar refractivity (Wildman–Crippen MR) is 69.1 cm³/mol. The molecular formula is C14H23NO. The van der Waals surface area contributed by atoms with Gasteiger partial charge in [-0.2, -0.15) is 0 Å². The molecule has 90 valence electrons. The number of hydrogen-bond acceptors (Lipinski definition) is 2. The van der Waals surface area contributed by atoms with Crippen molar-refractivity contribution in [1.29, 1.82) is 0 Å². The third-order valence-electron chi connectivity index (χ3n) is 2.55. The third-order valence-corrected chi connectivity index (χ3v) is 2.55. The fourth-order valence-corrected chi connectivity index (χ4v) is 1.83. The summed E-state index contributed by atoms with van der Waals surface area (Å²) in [4.78, 5) is 0. The molecule has 2 nitrogen and oxygen atoms in total. The van der Waals surface area contributed by atoms with Gasteiger partial charge in [-0.25, -0.2) is 0 Å². The Morgan fingerprint density at radius 2 is 1.94 bits per heavy atom. The molecule has 1 aromatic rings. The van der Waals surface area contributed by atoms with E-state index in [1.165, 1.54) is 11.1 Å². The molecule has 0 spiro atoms. The first-order valence-corrected chi connectivity index (χ1v) is 6.05. The van der Waals surface area contributed by atoms with Crippen LogP contribution in [0.5, 0.6) is 5.75 Å². The zero-order chi connectivity index (χ0) is 12.1. The Morgan fingerprint density at radius 1 is 1.25 bits per heavy atom. The van der Waals surface area contributed by atoms with E-state index in [0.29, 0.717) is 12.5 Å². The predicted octanol–water partition coefficient (Wildman–Crippen LogP) is 3.10. The Labute approximate surface area is 98.8 Å². The Bertz CT molecular complexity index is 332.